The van der Waals surface area contributed by atoms with Crippen molar-refractivity contribution in [3.05, 3.63) is 24.3 Å². The van der Waals surface area contributed by atoms with Gasteiger partial charge in [-0.05, 0) is 70.0 Å². The first-order valence-electron chi connectivity index (χ1n) is 14.9. The molecule has 0 aromatic rings. The molecule has 0 unspecified atom stereocenters. The van der Waals surface area contributed by atoms with Crippen molar-refractivity contribution in [3.8, 4) is 0 Å². The summed E-state index contributed by atoms with van der Waals surface area (Å²) in [6, 6.07) is 0. The molecule has 10 heteroatoms. The number of hydrogen-bond acceptors (Lipinski definition) is 10. The SMILES string of the molecule is CCCC1(CCC)CCC2(CC1)CC1(OC(=O)C=CC(=O)O1)N(CCCN(CC)CC)C21OC(=O)C=CC(=O)O1. The number of carbonyl (C=O) groups is 4. The maximum absolute atomic E-state index is 13.0. The van der Waals surface area contributed by atoms with Gasteiger partial charge in [0.15, 0.2) is 0 Å². The van der Waals surface area contributed by atoms with Crippen LogP contribution in [0.1, 0.15) is 91.9 Å². The molecule has 3 spiro atoms. The second kappa shape index (κ2) is 12.0. The third-order valence-corrected chi connectivity index (χ3v) is 9.29. The van der Waals surface area contributed by atoms with Crippen LogP contribution in [0.25, 0.3) is 0 Å². The molecule has 1 saturated heterocycles. The van der Waals surface area contributed by atoms with Crippen LogP contribution in [0.5, 0.6) is 0 Å². The normalized spacial score (nSPS) is 24.6. The molecule has 4 aliphatic rings. The predicted octanol–water partition coefficient (Wildman–Crippen LogP) is 4.19. The molecule has 0 bridgehead atoms. The van der Waals surface area contributed by atoms with Gasteiger partial charge in [0.2, 0.25) is 0 Å². The van der Waals surface area contributed by atoms with Gasteiger partial charge in [0.05, 0.1) is 11.8 Å². The van der Waals surface area contributed by atoms with E-state index in [4.69, 9.17) is 18.9 Å². The van der Waals surface area contributed by atoms with Crippen LogP contribution >= 0.6 is 0 Å². The van der Waals surface area contributed by atoms with E-state index in [2.05, 4.69) is 32.6 Å². The molecule has 1 saturated carbocycles. The fourth-order valence-electron chi connectivity index (χ4n) is 7.44. The van der Waals surface area contributed by atoms with Crippen LogP contribution in [0.15, 0.2) is 24.3 Å². The van der Waals surface area contributed by atoms with Gasteiger partial charge in [-0.2, -0.15) is 4.90 Å². The van der Waals surface area contributed by atoms with Crippen molar-refractivity contribution >= 4 is 23.9 Å². The summed E-state index contributed by atoms with van der Waals surface area (Å²) in [5.74, 6) is -6.79. The average Bonchev–Trinajstić information content (AvgIpc) is 3.03. The van der Waals surface area contributed by atoms with Gasteiger partial charge >= 0.3 is 35.7 Å². The summed E-state index contributed by atoms with van der Waals surface area (Å²) < 4.78 is 24.0. The highest BCUT2D eigenvalue weighted by molar-refractivity contribution is 5.94. The smallest absolute Gasteiger partial charge is 0.335 e. The standard InChI is InChI=1S/C30H44N2O8/c1-5-14-27(15-6-2)16-18-28(19-17-27)22-29(37-23(33)10-11-24(34)38-29)32(21-9-20-31(7-3)8-4)30(28)39-25(35)12-13-26(36)40-30/h10-13H,5-9,14-22H2,1-4H3. The summed E-state index contributed by atoms with van der Waals surface area (Å²) >= 11 is 0. The molecule has 1 aliphatic carbocycles. The first-order valence-corrected chi connectivity index (χ1v) is 14.9. The van der Waals surface area contributed by atoms with E-state index in [1.165, 1.54) is 4.90 Å². The second-order valence-electron chi connectivity index (χ2n) is 11.6. The Labute approximate surface area is 237 Å². The summed E-state index contributed by atoms with van der Waals surface area (Å²) in [5, 5.41) is 0. The van der Waals surface area contributed by atoms with Crippen LogP contribution in [0.4, 0.5) is 0 Å². The number of ether oxygens (including phenoxy) is 4. The summed E-state index contributed by atoms with van der Waals surface area (Å²) in [5.41, 5.74) is -0.843. The molecule has 0 radical (unpaired) electrons. The second-order valence-corrected chi connectivity index (χ2v) is 11.6. The number of hydrogen-bond donors (Lipinski definition) is 0. The summed E-state index contributed by atoms with van der Waals surface area (Å²) in [7, 11) is 0. The number of rotatable bonds is 10. The van der Waals surface area contributed by atoms with Gasteiger partial charge in [-0.25, -0.2) is 19.2 Å². The van der Waals surface area contributed by atoms with Crippen molar-refractivity contribution in [3.63, 3.8) is 0 Å². The molecule has 4 rings (SSSR count). The lowest BCUT2D eigenvalue weighted by Crippen LogP contribution is -2.64. The maximum Gasteiger partial charge on any atom is 0.335 e. The molecular formula is C30H44N2O8. The number of fused-ring (bicyclic) bond motifs is 1. The largest absolute Gasteiger partial charge is 0.405 e. The van der Waals surface area contributed by atoms with E-state index in [9.17, 15) is 19.2 Å². The zero-order chi connectivity index (χ0) is 29.0. The Bertz CT molecular complexity index is 990. The van der Waals surface area contributed by atoms with Crippen molar-refractivity contribution < 1.29 is 38.1 Å². The molecule has 10 nitrogen and oxygen atoms in total. The lowest BCUT2D eigenvalue weighted by atomic mass is 9.59. The van der Waals surface area contributed by atoms with Gasteiger partial charge < -0.3 is 23.8 Å². The van der Waals surface area contributed by atoms with Crippen LogP contribution < -0.4 is 0 Å². The van der Waals surface area contributed by atoms with Crippen molar-refractivity contribution in [1.29, 1.82) is 0 Å². The fourth-order valence-corrected chi connectivity index (χ4v) is 7.44. The molecule has 40 heavy (non-hydrogen) atoms. The average molecular weight is 561 g/mol. The molecule has 0 amide bonds. The minimum absolute atomic E-state index is 0.0271. The van der Waals surface area contributed by atoms with E-state index in [1.807, 2.05) is 0 Å². The van der Waals surface area contributed by atoms with Gasteiger partial charge in [-0.3, -0.25) is 0 Å². The lowest BCUT2D eigenvalue weighted by molar-refractivity contribution is -0.363. The third-order valence-electron chi connectivity index (χ3n) is 9.29. The van der Waals surface area contributed by atoms with Crippen molar-refractivity contribution in [2.75, 3.05) is 26.2 Å². The Morgan fingerprint density at radius 1 is 0.725 bits per heavy atom. The topological polar surface area (TPSA) is 112 Å². The molecule has 0 atom stereocenters. The number of nitrogens with zero attached hydrogens (tertiary/aromatic N) is 2. The predicted molar refractivity (Wildman–Crippen MR) is 145 cm³/mol. The molecule has 0 N–H and O–H groups in total. The Hall–Kier alpha value is -2.72. The number of likely N-dealkylation sites (tertiary alicyclic amines) is 1. The van der Waals surface area contributed by atoms with E-state index in [-0.39, 0.29) is 18.4 Å². The maximum atomic E-state index is 13.0. The Morgan fingerprint density at radius 3 is 1.65 bits per heavy atom. The van der Waals surface area contributed by atoms with Crippen LogP contribution in [0.3, 0.4) is 0 Å². The molecule has 0 aromatic carbocycles. The molecule has 2 fully saturated rings. The molecular weight excluding hydrogens is 516 g/mol. The monoisotopic (exact) mass is 560 g/mol. The van der Waals surface area contributed by atoms with Gasteiger partial charge in [0, 0.05) is 30.8 Å². The van der Waals surface area contributed by atoms with Gasteiger partial charge in [0.25, 0.3) is 0 Å². The lowest BCUT2D eigenvalue weighted by Gasteiger charge is -2.51. The number of esters is 4. The highest BCUT2D eigenvalue weighted by Gasteiger charge is 2.77. The van der Waals surface area contributed by atoms with Crippen molar-refractivity contribution in [1.82, 2.24) is 9.80 Å². The van der Waals surface area contributed by atoms with E-state index in [0.717, 1.165) is 75.9 Å². The fraction of sp³-hybridized carbons (Fsp3) is 0.733. The molecule has 222 valence electrons. The third kappa shape index (κ3) is 5.57. The molecule has 3 heterocycles. The Morgan fingerprint density at radius 2 is 1.20 bits per heavy atom. The van der Waals surface area contributed by atoms with Gasteiger partial charge in [-0.1, -0.05) is 40.5 Å². The van der Waals surface area contributed by atoms with E-state index >= 15 is 0 Å². The minimum atomic E-state index is -1.91. The summed E-state index contributed by atoms with van der Waals surface area (Å²) in [6.07, 6.45) is 11.7. The van der Waals surface area contributed by atoms with E-state index in [0.29, 0.717) is 25.8 Å². The number of carbonyl (C=O) groups excluding carboxylic acids is 4. The first-order chi connectivity index (χ1) is 19.1. The summed E-state index contributed by atoms with van der Waals surface area (Å²) in [6.45, 7) is 11.1. The molecule has 3 aliphatic heterocycles. The van der Waals surface area contributed by atoms with Gasteiger partial charge in [0.1, 0.15) is 0 Å². The van der Waals surface area contributed by atoms with Crippen LogP contribution in [0.2, 0.25) is 0 Å². The first kappa shape index (κ1) is 30.2. The zero-order valence-electron chi connectivity index (χ0n) is 24.4. The van der Waals surface area contributed by atoms with Crippen LogP contribution in [-0.4, -0.2) is 71.7 Å². The minimum Gasteiger partial charge on any atom is -0.405 e. The Kier molecular flexibility index (Phi) is 9.09. The van der Waals surface area contributed by atoms with Crippen molar-refractivity contribution in [2.45, 2.75) is 104 Å². The van der Waals surface area contributed by atoms with Crippen LogP contribution in [0, 0.1) is 10.8 Å². The highest BCUT2D eigenvalue weighted by atomic mass is 16.8. The quantitative estimate of drug-likeness (QED) is 0.361. The van der Waals surface area contributed by atoms with Gasteiger partial charge in [-0.15, -0.1) is 0 Å². The highest BCUT2D eigenvalue weighted by Crippen LogP contribution is 2.65. The van der Waals surface area contributed by atoms with E-state index in [1.54, 1.807) is 0 Å². The van der Waals surface area contributed by atoms with Crippen LogP contribution in [-0.2, 0) is 38.1 Å². The summed E-state index contributed by atoms with van der Waals surface area (Å²) in [4.78, 5) is 55.5. The Balaban J connectivity index is 1.82. The zero-order valence-corrected chi connectivity index (χ0v) is 24.4. The van der Waals surface area contributed by atoms with E-state index < -0.39 is 41.1 Å². The van der Waals surface area contributed by atoms with Crippen molar-refractivity contribution in [2.24, 2.45) is 10.8 Å². The molecule has 0 aromatic heterocycles.